The lowest BCUT2D eigenvalue weighted by Crippen LogP contribution is -2.63. The largest absolute Gasteiger partial charge is 0.383 e. The van der Waals surface area contributed by atoms with Crippen molar-refractivity contribution in [3.63, 3.8) is 0 Å². The Labute approximate surface area is 110 Å². The molecule has 0 aromatic heterocycles. The Morgan fingerprint density at radius 3 is 2.22 bits per heavy atom. The van der Waals surface area contributed by atoms with E-state index in [1.165, 1.54) is 51.9 Å². The fraction of sp³-hybridized carbons (Fsp3) is 1.00. The van der Waals surface area contributed by atoms with Gasteiger partial charge in [-0.3, -0.25) is 9.80 Å². The van der Waals surface area contributed by atoms with Crippen LogP contribution in [0.1, 0.15) is 25.7 Å². The van der Waals surface area contributed by atoms with E-state index in [1.807, 2.05) is 7.11 Å². The third-order valence-corrected chi connectivity index (χ3v) is 5.09. The van der Waals surface area contributed by atoms with Crippen LogP contribution >= 0.6 is 0 Å². The van der Waals surface area contributed by atoms with Crippen LogP contribution in [0.25, 0.3) is 0 Å². The second-order valence-corrected chi connectivity index (χ2v) is 6.27. The third kappa shape index (κ3) is 2.31. The molecule has 104 valence electrons. The molecule has 2 aliphatic carbocycles. The van der Waals surface area contributed by atoms with Crippen molar-refractivity contribution >= 4 is 0 Å². The van der Waals surface area contributed by atoms with Crippen molar-refractivity contribution in [3.8, 4) is 0 Å². The van der Waals surface area contributed by atoms with Gasteiger partial charge in [0, 0.05) is 45.9 Å². The third-order valence-electron chi connectivity index (χ3n) is 5.09. The van der Waals surface area contributed by atoms with Gasteiger partial charge in [0.25, 0.3) is 0 Å². The molecule has 0 spiro atoms. The van der Waals surface area contributed by atoms with Crippen LogP contribution in [-0.4, -0.2) is 67.8 Å². The quantitative estimate of drug-likeness (QED) is 0.749. The number of hydrogen-bond donors (Lipinski definition) is 1. The molecule has 0 aromatic rings. The average Bonchev–Trinajstić information content (AvgIpc) is 3.29. The van der Waals surface area contributed by atoms with Gasteiger partial charge in [-0.15, -0.1) is 0 Å². The van der Waals surface area contributed by atoms with Gasteiger partial charge in [0.05, 0.1) is 12.1 Å². The van der Waals surface area contributed by atoms with Crippen LogP contribution in [0.3, 0.4) is 0 Å². The number of nitrogens with zero attached hydrogens (tertiary/aromatic N) is 2. The van der Waals surface area contributed by atoms with E-state index >= 15 is 0 Å². The summed E-state index contributed by atoms with van der Waals surface area (Å²) in [6.45, 7) is 6.35. The van der Waals surface area contributed by atoms with Gasteiger partial charge in [0.15, 0.2) is 0 Å². The summed E-state index contributed by atoms with van der Waals surface area (Å²) < 4.78 is 5.50. The average molecular weight is 253 g/mol. The van der Waals surface area contributed by atoms with Gasteiger partial charge in [-0.1, -0.05) is 0 Å². The van der Waals surface area contributed by atoms with Crippen molar-refractivity contribution in [2.75, 3.05) is 46.4 Å². The summed E-state index contributed by atoms with van der Waals surface area (Å²) in [7, 11) is 1.81. The van der Waals surface area contributed by atoms with Gasteiger partial charge >= 0.3 is 0 Å². The van der Waals surface area contributed by atoms with Crippen LogP contribution in [0.5, 0.6) is 0 Å². The highest BCUT2D eigenvalue weighted by molar-refractivity contribution is 5.05. The number of piperazine rings is 1. The number of rotatable bonds is 6. The van der Waals surface area contributed by atoms with Crippen molar-refractivity contribution in [3.05, 3.63) is 0 Å². The monoisotopic (exact) mass is 253 g/mol. The lowest BCUT2D eigenvalue weighted by molar-refractivity contribution is -0.0279. The highest BCUT2D eigenvalue weighted by Gasteiger charge is 2.49. The summed E-state index contributed by atoms with van der Waals surface area (Å²) in [4.78, 5) is 5.30. The Morgan fingerprint density at radius 2 is 1.78 bits per heavy atom. The van der Waals surface area contributed by atoms with Crippen LogP contribution in [-0.2, 0) is 4.74 Å². The van der Waals surface area contributed by atoms with E-state index in [-0.39, 0.29) is 5.54 Å². The summed E-state index contributed by atoms with van der Waals surface area (Å²) in [5, 5.41) is 0. The molecule has 1 saturated heterocycles. The number of hydrogen-bond acceptors (Lipinski definition) is 4. The van der Waals surface area contributed by atoms with Crippen molar-refractivity contribution in [2.24, 2.45) is 11.7 Å². The van der Waals surface area contributed by atoms with E-state index < -0.39 is 0 Å². The Kier molecular flexibility index (Phi) is 3.63. The summed E-state index contributed by atoms with van der Waals surface area (Å²) in [6, 6.07) is 0.905. The lowest BCUT2D eigenvalue weighted by atomic mass is 9.91. The summed E-state index contributed by atoms with van der Waals surface area (Å²) in [5.41, 5.74) is 6.27. The first-order valence-corrected chi connectivity index (χ1v) is 7.48. The molecule has 18 heavy (non-hydrogen) atoms. The van der Waals surface area contributed by atoms with Crippen LogP contribution in [0.4, 0.5) is 0 Å². The van der Waals surface area contributed by atoms with Crippen LogP contribution in [0.2, 0.25) is 0 Å². The maximum absolute atomic E-state index is 6.14. The first-order valence-electron chi connectivity index (χ1n) is 7.48. The first-order chi connectivity index (χ1) is 8.80. The second kappa shape index (κ2) is 5.08. The standard InChI is InChI=1S/C14H27N3O/c1-18-11-14(10-15,12-2-3-12)17-8-6-16(7-9-17)13-4-5-13/h12-13H,2-11,15H2,1H3. The van der Waals surface area contributed by atoms with Crippen LogP contribution in [0, 0.1) is 5.92 Å². The smallest absolute Gasteiger partial charge is 0.0661 e. The van der Waals surface area contributed by atoms with E-state index in [1.54, 1.807) is 0 Å². The summed E-state index contributed by atoms with van der Waals surface area (Å²) in [5.74, 6) is 0.773. The molecule has 0 amide bonds. The fourth-order valence-electron chi connectivity index (χ4n) is 3.66. The maximum atomic E-state index is 6.14. The van der Waals surface area contributed by atoms with E-state index in [9.17, 15) is 0 Å². The van der Waals surface area contributed by atoms with Crippen molar-refractivity contribution < 1.29 is 4.74 Å². The minimum atomic E-state index is 0.129. The first kappa shape index (κ1) is 12.9. The molecule has 1 aliphatic heterocycles. The van der Waals surface area contributed by atoms with Crippen molar-refractivity contribution in [2.45, 2.75) is 37.3 Å². The normalized spacial score (nSPS) is 30.3. The van der Waals surface area contributed by atoms with Gasteiger partial charge in [0.1, 0.15) is 0 Å². The van der Waals surface area contributed by atoms with Gasteiger partial charge in [-0.2, -0.15) is 0 Å². The molecular formula is C14H27N3O. The van der Waals surface area contributed by atoms with Crippen LogP contribution < -0.4 is 5.73 Å². The SMILES string of the molecule is COCC(CN)(C1CC1)N1CCN(C2CC2)CC1. The van der Waals surface area contributed by atoms with Gasteiger partial charge in [0.2, 0.25) is 0 Å². The van der Waals surface area contributed by atoms with E-state index in [0.717, 1.165) is 25.1 Å². The fourth-order valence-corrected chi connectivity index (χ4v) is 3.66. The minimum Gasteiger partial charge on any atom is -0.383 e. The molecule has 1 atom stereocenters. The predicted octanol–water partition coefficient (Wildman–Crippen LogP) is 0.520. The lowest BCUT2D eigenvalue weighted by Gasteiger charge is -2.47. The highest BCUT2D eigenvalue weighted by atomic mass is 16.5. The van der Waals surface area contributed by atoms with E-state index in [4.69, 9.17) is 10.5 Å². The molecule has 0 bridgehead atoms. The van der Waals surface area contributed by atoms with Crippen molar-refractivity contribution in [1.82, 2.24) is 9.80 Å². The molecular weight excluding hydrogens is 226 g/mol. The molecule has 4 heteroatoms. The summed E-state index contributed by atoms with van der Waals surface area (Å²) >= 11 is 0. The molecule has 2 N–H and O–H groups in total. The Hall–Kier alpha value is -0.160. The zero-order valence-electron chi connectivity index (χ0n) is 11.6. The molecule has 1 unspecified atom stereocenters. The summed E-state index contributed by atoms with van der Waals surface area (Å²) in [6.07, 6.45) is 5.51. The number of nitrogens with two attached hydrogens (primary N) is 1. The molecule has 2 saturated carbocycles. The number of methoxy groups -OCH3 is 1. The Morgan fingerprint density at radius 1 is 1.11 bits per heavy atom. The predicted molar refractivity (Wildman–Crippen MR) is 72.6 cm³/mol. The molecule has 0 aromatic carbocycles. The maximum Gasteiger partial charge on any atom is 0.0661 e. The van der Waals surface area contributed by atoms with E-state index in [2.05, 4.69) is 9.80 Å². The molecule has 4 nitrogen and oxygen atoms in total. The molecule has 0 radical (unpaired) electrons. The second-order valence-electron chi connectivity index (χ2n) is 6.27. The van der Waals surface area contributed by atoms with Gasteiger partial charge in [-0.25, -0.2) is 0 Å². The van der Waals surface area contributed by atoms with Gasteiger partial charge < -0.3 is 10.5 Å². The Bertz CT molecular complexity index is 283. The van der Waals surface area contributed by atoms with Crippen LogP contribution in [0.15, 0.2) is 0 Å². The minimum absolute atomic E-state index is 0.129. The van der Waals surface area contributed by atoms with Gasteiger partial charge in [-0.05, 0) is 31.6 Å². The molecule has 1 heterocycles. The van der Waals surface area contributed by atoms with Crippen molar-refractivity contribution in [1.29, 1.82) is 0 Å². The zero-order chi connectivity index (χ0) is 12.6. The van der Waals surface area contributed by atoms with E-state index in [0.29, 0.717) is 0 Å². The zero-order valence-corrected chi connectivity index (χ0v) is 11.6. The molecule has 3 rings (SSSR count). The number of ether oxygens (including phenoxy) is 1. The molecule has 3 fully saturated rings. The highest BCUT2D eigenvalue weighted by Crippen LogP contribution is 2.43. The topological polar surface area (TPSA) is 41.7 Å². The Balaban J connectivity index is 1.63. The molecule has 3 aliphatic rings.